The van der Waals surface area contributed by atoms with Crippen LogP contribution in [0.15, 0.2) is 30.0 Å². The predicted molar refractivity (Wildman–Crippen MR) is 128 cm³/mol. The van der Waals surface area contributed by atoms with Crippen molar-refractivity contribution in [3.8, 4) is 11.8 Å². The second-order valence-electron chi connectivity index (χ2n) is 9.58. The van der Waals surface area contributed by atoms with Crippen LogP contribution in [0.5, 0.6) is 5.75 Å². The van der Waals surface area contributed by atoms with Gasteiger partial charge in [0.15, 0.2) is 0 Å². The molecule has 3 heterocycles. The van der Waals surface area contributed by atoms with Crippen LogP contribution < -0.4 is 4.74 Å². The number of benzene rings is 1. The molecular weight excluding hydrogens is 422 g/mol. The highest BCUT2D eigenvalue weighted by molar-refractivity contribution is 6.37. The number of aromatic nitrogens is 1. The van der Waals surface area contributed by atoms with E-state index in [2.05, 4.69) is 35.9 Å². The van der Waals surface area contributed by atoms with Gasteiger partial charge in [0.2, 0.25) is 5.91 Å². The molecule has 1 N–H and O–H groups in total. The molecule has 6 heteroatoms. The molecule has 0 radical (unpaired) electrons. The average Bonchev–Trinajstić information content (AvgIpc) is 3.19. The van der Waals surface area contributed by atoms with Crippen LogP contribution in [0.25, 0.3) is 10.9 Å². The summed E-state index contributed by atoms with van der Waals surface area (Å²) in [6.45, 7) is 8.11. The molecule has 170 valence electrons. The highest BCUT2D eigenvalue weighted by Gasteiger charge is 2.42. The monoisotopic (exact) mass is 453 g/mol. The molecule has 5 nitrogen and oxygen atoms in total. The van der Waals surface area contributed by atoms with E-state index in [1.54, 1.807) is 0 Å². The van der Waals surface area contributed by atoms with Gasteiger partial charge in [0, 0.05) is 35.6 Å². The summed E-state index contributed by atoms with van der Waals surface area (Å²) in [5, 5.41) is 11.0. The second kappa shape index (κ2) is 9.19. The number of fused-ring (bicyclic) bond motifs is 3. The standard InChI is InChI=1S/C26H32ClN3O2/c1-5-17-9-19-11-18(13-28)12-20(10-17)30(19)24(31)8-16(4)21-14-29-22-6-7-23(32-15(2)3)26(27)25(21)22/h5-7,14-16,18-20,29H,8-12H2,1-4H3. The number of H-pyrrole nitrogens is 1. The van der Waals surface area contributed by atoms with Gasteiger partial charge in [-0.25, -0.2) is 0 Å². The summed E-state index contributed by atoms with van der Waals surface area (Å²) in [6.07, 6.45) is 7.94. The third-order valence-corrected chi connectivity index (χ3v) is 7.30. The maximum absolute atomic E-state index is 13.5. The van der Waals surface area contributed by atoms with Crippen LogP contribution in [0.3, 0.4) is 0 Å². The fraction of sp³-hybridized carbons (Fsp3) is 0.538. The number of carbonyl (C=O) groups excluding carboxylic acids is 1. The number of nitriles is 1. The third-order valence-electron chi connectivity index (χ3n) is 6.93. The first-order valence-electron chi connectivity index (χ1n) is 11.6. The Balaban J connectivity index is 1.56. The van der Waals surface area contributed by atoms with Gasteiger partial charge >= 0.3 is 0 Å². The number of nitrogens with one attached hydrogen (secondary N) is 1. The number of hydrogen-bond donors (Lipinski definition) is 1. The first-order valence-corrected chi connectivity index (χ1v) is 12.0. The molecule has 0 saturated carbocycles. The van der Waals surface area contributed by atoms with E-state index < -0.39 is 0 Å². The molecule has 4 rings (SSSR count). The minimum absolute atomic E-state index is 0.0126. The van der Waals surface area contributed by atoms with Crippen LogP contribution in [0.4, 0.5) is 0 Å². The van der Waals surface area contributed by atoms with Crippen molar-refractivity contribution in [2.75, 3.05) is 0 Å². The number of amides is 1. The summed E-state index contributed by atoms with van der Waals surface area (Å²) in [4.78, 5) is 18.9. The number of carbonyl (C=O) groups is 1. The molecule has 2 bridgehead atoms. The lowest BCUT2D eigenvalue weighted by Crippen LogP contribution is -2.55. The number of nitrogens with zero attached hydrogens (tertiary/aromatic N) is 2. The van der Waals surface area contributed by atoms with Crippen molar-refractivity contribution in [1.29, 1.82) is 5.26 Å². The molecule has 0 spiro atoms. The van der Waals surface area contributed by atoms with Crippen molar-refractivity contribution in [1.82, 2.24) is 9.88 Å². The van der Waals surface area contributed by atoms with Crippen molar-refractivity contribution in [3.63, 3.8) is 0 Å². The molecule has 2 fully saturated rings. The lowest BCUT2D eigenvalue weighted by Gasteiger charge is -2.48. The Labute approximate surface area is 195 Å². The fourth-order valence-corrected chi connectivity index (χ4v) is 5.80. The number of halogens is 1. The average molecular weight is 454 g/mol. The summed E-state index contributed by atoms with van der Waals surface area (Å²) >= 11 is 6.73. The van der Waals surface area contributed by atoms with E-state index >= 15 is 0 Å². The van der Waals surface area contributed by atoms with E-state index in [1.807, 2.05) is 32.2 Å². The molecule has 0 aliphatic carbocycles. The number of allylic oxidation sites excluding steroid dienone is 1. The molecule has 2 aliphatic heterocycles. The van der Waals surface area contributed by atoms with E-state index in [0.717, 1.165) is 42.1 Å². The fourth-order valence-electron chi connectivity index (χ4n) is 5.48. The quantitative estimate of drug-likeness (QED) is 0.537. The van der Waals surface area contributed by atoms with Crippen LogP contribution in [0, 0.1) is 17.2 Å². The smallest absolute Gasteiger partial charge is 0.223 e. The Bertz CT molecular complexity index is 1060. The predicted octanol–water partition coefficient (Wildman–Crippen LogP) is 6.34. The zero-order valence-electron chi connectivity index (χ0n) is 19.3. The summed E-state index contributed by atoms with van der Waals surface area (Å²) < 4.78 is 5.87. The molecule has 1 aromatic carbocycles. The number of aromatic amines is 1. The summed E-state index contributed by atoms with van der Waals surface area (Å²) in [7, 11) is 0. The van der Waals surface area contributed by atoms with Gasteiger partial charge in [-0.3, -0.25) is 4.79 Å². The number of ether oxygens (including phenoxy) is 1. The van der Waals surface area contributed by atoms with Gasteiger partial charge in [0.25, 0.3) is 0 Å². The van der Waals surface area contributed by atoms with E-state index in [1.165, 1.54) is 5.57 Å². The van der Waals surface area contributed by atoms with Crippen LogP contribution in [-0.4, -0.2) is 34.0 Å². The van der Waals surface area contributed by atoms with Gasteiger partial charge in [-0.05, 0) is 70.1 Å². The Morgan fingerprint density at radius 3 is 2.59 bits per heavy atom. The molecule has 2 saturated heterocycles. The normalized spacial score (nSPS) is 23.8. The maximum atomic E-state index is 13.5. The lowest BCUT2D eigenvalue weighted by atomic mass is 9.76. The van der Waals surface area contributed by atoms with Crippen molar-refractivity contribution in [3.05, 3.63) is 40.6 Å². The maximum Gasteiger partial charge on any atom is 0.223 e. The molecule has 1 aromatic heterocycles. The molecule has 32 heavy (non-hydrogen) atoms. The molecule has 2 aliphatic rings. The van der Waals surface area contributed by atoms with E-state index in [9.17, 15) is 10.1 Å². The van der Waals surface area contributed by atoms with Gasteiger partial charge in [-0.2, -0.15) is 5.26 Å². The molecular formula is C26H32ClN3O2. The highest BCUT2D eigenvalue weighted by Crippen LogP contribution is 2.42. The highest BCUT2D eigenvalue weighted by atomic mass is 35.5. The van der Waals surface area contributed by atoms with Crippen molar-refractivity contribution >= 4 is 28.4 Å². The first-order chi connectivity index (χ1) is 15.3. The van der Waals surface area contributed by atoms with Gasteiger partial charge < -0.3 is 14.6 Å². The van der Waals surface area contributed by atoms with Gasteiger partial charge in [0.1, 0.15) is 5.75 Å². The number of piperidine rings is 2. The van der Waals surface area contributed by atoms with Crippen molar-refractivity contribution in [2.45, 2.75) is 83.9 Å². The Morgan fingerprint density at radius 2 is 2.00 bits per heavy atom. The second-order valence-corrected chi connectivity index (χ2v) is 9.96. The summed E-state index contributed by atoms with van der Waals surface area (Å²) in [5.41, 5.74) is 3.40. The zero-order valence-corrected chi connectivity index (χ0v) is 20.1. The number of hydrogen-bond acceptors (Lipinski definition) is 3. The Kier molecular flexibility index (Phi) is 6.53. The molecule has 2 aromatic rings. The Hall–Kier alpha value is -2.45. The van der Waals surface area contributed by atoms with Crippen LogP contribution >= 0.6 is 11.6 Å². The van der Waals surface area contributed by atoms with E-state index in [0.29, 0.717) is 17.2 Å². The Morgan fingerprint density at radius 1 is 1.31 bits per heavy atom. The van der Waals surface area contributed by atoms with E-state index in [-0.39, 0.29) is 35.9 Å². The van der Waals surface area contributed by atoms with Crippen LogP contribution in [0.2, 0.25) is 5.02 Å². The van der Waals surface area contributed by atoms with Crippen LogP contribution in [-0.2, 0) is 4.79 Å². The minimum Gasteiger partial charge on any atom is -0.489 e. The summed E-state index contributed by atoms with van der Waals surface area (Å²) in [6, 6.07) is 6.58. The zero-order chi connectivity index (χ0) is 23.0. The topological polar surface area (TPSA) is 69.1 Å². The van der Waals surface area contributed by atoms with Crippen molar-refractivity contribution in [2.24, 2.45) is 5.92 Å². The molecule has 1 amide bonds. The van der Waals surface area contributed by atoms with E-state index in [4.69, 9.17) is 16.3 Å². The van der Waals surface area contributed by atoms with Crippen molar-refractivity contribution < 1.29 is 9.53 Å². The largest absolute Gasteiger partial charge is 0.489 e. The summed E-state index contributed by atoms with van der Waals surface area (Å²) in [5.74, 6) is 0.912. The van der Waals surface area contributed by atoms with Gasteiger partial charge in [-0.1, -0.05) is 30.2 Å². The lowest BCUT2D eigenvalue weighted by molar-refractivity contribution is -0.140. The third kappa shape index (κ3) is 4.26. The van der Waals surface area contributed by atoms with Gasteiger partial charge in [-0.15, -0.1) is 0 Å². The molecule has 3 unspecified atom stereocenters. The first kappa shape index (κ1) is 22.7. The SMILES string of the molecule is CC=C1CC2CC(C#N)CC(C1)N2C(=O)CC(C)c1c[nH]c2ccc(OC(C)C)c(Cl)c12. The van der Waals surface area contributed by atoms with Gasteiger partial charge in [0.05, 0.1) is 23.1 Å². The minimum atomic E-state index is 0.0126. The van der Waals surface area contributed by atoms with Crippen LogP contribution in [0.1, 0.15) is 71.3 Å². The number of rotatable bonds is 5. The molecule has 3 atom stereocenters.